The van der Waals surface area contributed by atoms with Crippen LogP contribution in [0.3, 0.4) is 0 Å². The van der Waals surface area contributed by atoms with Crippen LogP contribution >= 0.6 is 23.3 Å². The maximum Gasteiger partial charge on any atom is 0.203 e. The Balaban J connectivity index is 3.89. The van der Waals surface area contributed by atoms with Gasteiger partial charge < -0.3 is 4.52 Å². The SMILES string of the molecule is C[B]CCP(=O)(CCBr)OCCCC. The topological polar surface area (TPSA) is 26.3 Å². The molecule has 0 aromatic rings. The highest BCUT2D eigenvalue weighted by atomic mass is 79.9. The fraction of sp³-hybridized carbons (Fsp3) is 1.00. The number of alkyl halides is 1. The van der Waals surface area contributed by atoms with Crippen molar-refractivity contribution < 1.29 is 9.09 Å². The Bertz CT molecular complexity index is 178. The van der Waals surface area contributed by atoms with Gasteiger partial charge in [-0.2, -0.15) is 0 Å². The van der Waals surface area contributed by atoms with Gasteiger partial charge in [0.25, 0.3) is 0 Å². The molecule has 0 saturated heterocycles. The molecule has 0 aromatic heterocycles. The van der Waals surface area contributed by atoms with Crippen molar-refractivity contribution in [1.29, 1.82) is 0 Å². The monoisotopic (exact) mass is 281 g/mol. The van der Waals surface area contributed by atoms with E-state index in [9.17, 15) is 4.57 Å². The average Bonchev–Trinajstić information content (AvgIpc) is 2.16. The van der Waals surface area contributed by atoms with Crippen LogP contribution in [0, 0.1) is 0 Å². The second kappa shape index (κ2) is 9.00. The quantitative estimate of drug-likeness (QED) is 0.279. The number of halogens is 1. The van der Waals surface area contributed by atoms with E-state index in [1.165, 1.54) is 0 Å². The molecule has 5 heteroatoms. The summed E-state index contributed by atoms with van der Waals surface area (Å²) in [7, 11) is -0.298. The predicted molar refractivity (Wildman–Crippen MR) is 68.4 cm³/mol. The molecule has 1 radical (unpaired) electrons. The van der Waals surface area contributed by atoms with Crippen LogP contribution in [0.1, 0.15) is 19.8 Å². The Labute approximate surface area is 97.0 Å². The van der Waals surface area contributed by atoms with Gasteiger partial charge in [-0.15, -0.1) is 0 Å². The molecule has 0 spiro atoms. The van der Waals surface area contributed by atoms with E-state index < -0.39 is 7.37 Å². The van der Waals surface area contributed by atoms with Gasteiger partial charge in [-0.3, -0.25) is 4.57 Å². The van der Waals surface area contributed by atoms with Crippen molar-refractivity contribution in [2.75, 3.05) is 24.3 Å². The third-order valence-corrected chi connectivity index (χ3v) is 5.52. The van der Waals surface area contributed by atoms with Gasteiger partial charge in [-0.05, 0) is 6.42 Å². The standard InChI is InChI=1S/C9H20BBrO2P/c1-3-4-7-13-14(12,9-6-11)8-5-10-2/h3-9H2,1-2H3. The lowest BCUT2D eigenvalue weighted by atomic mass is 9.79. The number of hydrogen-bond acceptors (Lipinski definition) is 2. The van der Waals surface area contributed by atoms with Crippen molar-refractivity contribution in [2.45, 2.75) is 32.9 Å². The molecule has 14 heavy (non-hydrogen) atoms. The molecule has 0 saturated carbocycles. The van der Waals surface area contributed by atoms with Crippen LogP contribution in [-0.4, -0.2) is 31.5 Å². The van der Waals surface area contributed by atoms with Crippen molar-refractivity contribution in [3.05, 3.63) is 0 Å². The second-order valence-corrected chi connectivity index (χ2v) is 6.91. The molecule has 0 rings (SSSR count). The normalized spacial score (nSPS) is 15.1. The van der Waals surface area contributed by atoms with E-state index >= 15 is 0 Å². The van der Waals surface area contributed by atoms with Crippen LogP contribution in [0.25, 0.3) is 0 Å². The zero-order chi connectivity index (χ0) is 10.9. The van der Waals surface area contributed by atoms with E-state index in [0.29, 0.717) is 18.9 Å². The molecule has 0 aliphatic heterocycles. The van der Waals surface area contributed by atoms with Gasteiger partial charge in [0.15, 0.2) is 0 Å². The fourth-order valence-electron chi connectivity index (χ4n) is 1.07. The second-order valence-electron chi connectivity index (χ2n) is 3.33. The summed E-state index contributed by atoms with van der Waals surface area (Å²) >= 11 is 3.32. The number of unbranched alkanes of at least 4 members (excludes halogenated alkanes) is 1. The number of rotatable bonds is 9. The lowest BCUT2D eigenvalue weighted by Crippen LogP contribution is -2.03. The Morgan fingerprint density at radius 2 is 2.14 bits per heavy atom. The molecule has 0 heterocycles. The summed E-state index contributed by atoms with van der Waals surface area (Å²) in [6.45, 7) is 4.74. The first-order valence-corrected chi connectivity index (χ1v) is 8.36. The van der Waals surface area contributed by atoms with Gasteiger partial charge >= 0.3 is 0 Å². The first kappa shape index (κ1) is 14.7. The molecular formula is C9H20BBrO2P. The zero-order valence-corrected chi connectivity index (χ0v) is 11.6. The average molecular weight is 282 g/mol. The van der Waals surface area contributed by atoms with Gasteiger partial charge in [0.1, 0.15) is 7.28 Å². The van der Waals surface area contributed by atoms with E-state index in [-0.39, 0.29) is 0 Å². The zero-order valence-electron chi connectivity index (χ0n) is 9.17. The molecule has 83 valence electrons. The Kier molecular flexibility index (Phi) is 9.47. The highest BCUT2D eigenvalue weighted by Crippen LogP contribution is 2.47. The van der Waals surface area contributed by atoms with E-state index in [1.54, 1.807) is 0 Å². The maximum absolute atomic E-state index is 12.2. The van der Waals surface area contributed by atoms with Crippen LogP contribution in [-0.2, 0) is 9.09 Å². The van der Waals surface area contributed by atoms with Gasteiger partial charge in [-0.1, -0.05) is 42.4 Å². The van der Waals surface area contributed by atoms with E-state index in [4.69, 9.17) is 4.52 Å². The summed E-state index contributed by atoms with van der Waals surface area (Å²) in [5.41, 5.74) is 0. The van der Waals surface area contributed by atoms with Crippen molar-refractivity contribution in [3.8, 4) is 0 Å². The fourth-order valence-corrected chi connectivity index (χ4v) is 4.54. The van der Waals surface area contributed by atoms with Crippen LogP contribution in [0.15, 0.2) is 0 Å². The molecule has 0 bridgehead atoms. The molecule has 1 atom stereocenters. The lowest BCUT2D eigenvalue weighted by Gasteiger charge is -2.17. The molecule has 0 amide bonds. The minimum Gasteiger partial charge on any atom is -0.328 e. The van der Waals surface area contributed by atoms with Crippen LogP contribution < -0.4 is 0 Å². The summed E-state index contributed by atoms with van der Waals surface area (Å²) < 4.78 is 17.7. The molecule has 0 fully saturated rings. The summed E-state index contributed by atoms with van der Waals surface area (Å²) in [6.07, 6.45) is 4.33. The maximum atomic E-state index is 12.2. The van der Waals surface area contributed by atoms with Crippen molar-refractivity contribution in [3.63, 3.8) is 0 Å². The molecule has 2 nitrogen and oxygen atoms in total. The van der Waals surface area contributed by atoms with E-state index in [0.717, 1.165) is 24.5 Å². The van der Waals surface area contributed by atoms with Crippen molar-refractivity contribution >= 4 is 30.6 Å². The smallest absolute Gasteiger partial charge is 0.203 e. The van der Waals surface area contributed by atoms with Gasteiger partial charge in [0, 0.05) is 17.7 Å². The summed E-state index contributed by atoms with van der Waals surface area (Å²) in [5, 5.41) is 0.764. The van der Waals surface area contributed by atoms with Gasteiger partial charge in [-0.25, -0.2) is 0 Å². The molecule has 0 aliphatic rings. The highest BCUT2D eigenvalue weighted by Gasteiger charge is 2.20. The summed E-state index contributed by atoms with van der Waals surface area (Å²) in [4.78, 5) is 0. The van der Waals surface area contributed by atoms with Gasteiger partial charge in [0.2, 0.25) is 7.37 Å². The Hall–Kier alpha value is 0.735. The summed E-state index contributed by atoms with van der Waals surface area (Å²) in [6, 6.07) is 0. The molecule has 0 aliphatic carbocycles. The third kappa shape index (κ3) is 7.08. The first-order valence-electron chi connectivity index (χ1n) is 5.25. The Morgan fingerprint density at radius 3 is 2.64 bits per heavy atom. The lowest BCUT2D eigenvalue weighted by molar-refractivity contribution is 0.307. The van der Waals surface area contributed by atoms with Gasteiger partial charge in [0.05, 0.1) is 6.61 Å². The number of hydrogen-bond donors (Lipinski definition) is 0. The molecule has 1 unspecified atom stereocenters. The van der Waals surface area contributed by atoms with Crippen LogP contribution in [0.4, 0.5) is 0 Å². The minimum absolute atomic E-state index is 0.643. The van der Waals surface area contributed by atoms with Crippen LogP contribution in [0.2, 0.25) is 13.1 Å². The van der Waals surface area contributed by atoms with Crippen molar-refractivity contribution in [2.24, 2.45) is 0 Å². The highest BCUT2D eigenvalue weighted by molar-refractivity contribution is 9.09. The van der Waals surface area contributed by atoms with E-state index in [2.05, 4.69) is 22.9 Å². The molecular weight excluding hydrogens is 262 g/mol. The third-order valence-electron chi connectivity index (χ3n) is 2.01. The largest absolute Gasteiger partial charge is 0.328 e. The van der Waals surface area contributed by atoms with E-state index in [1.807, 2.05) is 14.1 Å². The van der Waals surface area contributed by atoms with Crippen LogP contribution in [0.5, 0.6) is 0 Å². The predicted octanol–water partition coefficient (Wildman–Crippen LogP) is 3.65. The summed E-state index contributed by atoms with van der Waals surface area (Å²) in [5.74, 6) is 0. The molecule has 0 aromatic carbocycles. The Morgan fingerprint density at radius 1 is 1.43 bits per heavy atom. The van der Waals surface area contributed by atoms with Crippen molar-refractivity contribution in [1.82, 2.24) is 0 Å². The minimum atomic E-state index is -2.34. The first-order chi connectivity index (χ1) is 6.68. The molecule has 0 N–H and O–H groups in total.